The molecule has 0 radical (unpaired) electrons. The van der Waals surface area contributed by atoms with Crippen LogP contribution in [0.2, 0.25) is 0 Å². The second-order valence-electron chi connectivity index (χ2n) is 7.47. The second-order valence-corrected chi connectivity index (χ2v) is 7.47. The predicted octanol–water partition coefficient (Wildman–Crippen LogP) is 5.22. The van der Waals surface area contributed by atoms with Gasteiger partial charge in [0.1, 0.15) is 0 Å². The smallest absolute Gasteiger partial charge is 0.330 e. The predicted molar refractivity (Wildman–Crippen MR) is 119 cm³/mol. The van der Waals surface area contributed by atoms with Crippen molar-refractivity contribution in [3.8, 4) is 11.1 Å². The van der Waals surface area contributed by atoms with E-state index in [1.54, 1.807) is 0 Å². The first-order chi connectivity index (χ1) is 14.1. The summed E-state index contributed by atoms with van der Waals surface area (Å²) in [4.78, 5) is 13.1. The molecule has 0 atom stereocenters. The number of esters is 1. The van der Waals surface area contributed by atoms with E-state index in [1.807, 2.05) is 0 Å². The monoisotopic (exact) mass is 395 g/mol. The van der Waals surface area contributed by atoms with E-state index >= 15 is 0 Å². The van der Waals surface area contributed by atoms with Crippen LogP contribution in [0, 0.1) is 0 Å². The Hall–Kier alpha value is -2.43. The Kier molecular flexibility index (Phi) is 10.2. The van der Waals surface area contributed by atoms with Gasteiger partial charge in [0.2, 0.25) is 0 Å². The molecular formula is C25H33NO3. The van der Waals surface area contributed by atoms with Crippen LogP contribution in [0.1, 0.15) is 36.8 Å². The summed E-state index contributed by atoms with van der Waals surface area (Å²) in [6, 6.07) is 17.3. The number of benzene rings is 2. The minimum Gasteiger partial charge on any atom is -0.463 e. The molecule has 0 saturated heterocycles. The SMILES string of the molecule is C=CC(=O)OCCCCCCOCc1ccc(-c2ccc(CN(C)C)cc2)cc1. The normalized spacial score (nSPS) is 10.9. The molecule has 0 spiro atoms. The zero-order valence-corrected chi connectivity index (χ0v) is 17.7. The Morgan fingerprint density at radius 1 is 0.862 bits per heavy atom. The third-order valence-electron chi connectivity index (χ3n) is 4.60. The van der Waals surface area contributed by atoms with Gasteiger partial charge in [-0.2, -0.15) is 0 Å². The van der Waals surface area contributed by atoms with E-state index < -0.39 is 0 Å². The Morgan fingerprint density at radius 3 is 1.97 bits per heavy atom. The summed E-state index contributed by atoms with van der Waals surface area (Å²) in [6.07, 6.45) is 5.22. The van der Waals surface area contributed by atoms with Gasteiger partial charge in [0.25, 0.3) is 0 Å². The summed E-state index contributed by atoms with van der Waals surface area (Å²) in [7, 11) is 4.16. The van der Waals surface area contributed by atoms with Crippen LogP contribution in [0.25, 0.3) is 11.1 Å². The van der Waals surface area contributed by atoms with Crippen LogP contribution in [0.5, 0.6) is 0 Å². The van der Waals surface area contributed by atoms with E-state index in [0.717, 1.165) is 38.8 Å². The number of hydrogen-bond acceptors (Lipinski definition) is 4. The molecular weight excluding hydrogens is 362 g/mol. The van der Waals surface area contributed by atoms with Gasteiger partial charge in [-0.3, -0.25) is 0 Å². The molecule has 0 amide bonds. The Balaban J connectivity index is 1.63. The van der Waals surface area contributed by atoms with Crippen molar-refractivity contribution in [2.45, 2.75) is 38.8 Å². The van der Waals surface area contributed by atoms with Crippen molar-refractivity contribution in [3.63, 3.8) is 0 Å². The highest BCUT2D eigenvalue weighted by Gasteiger charge is 2.01. The maximum Gasteiger partial charge on any atom is 0.330 e. The lowest BCUT2D eigenvalue weighted by atomic mass is 10.0. The molecule has 0 fully saturated rings. The molecule has 4 heteroatoms. The fourth-order valence-electron chi connectivity index (χ4n) is 3.04. The van der Waals surface area contributed by atoms with Crippen LogP contribution in [0.15, 0.2) is 61.2 Å². The van der Waals surface area contributed by atoms with Gasteiger partial charge in [-0.25, -0.2) is 4.79 Å². The topological polar surface area (TPSA) is 38.8 Å². The average Bonchev–Trinajstić information content (AvgIpc) is 2.73. The molecule has 0 aliphatic carbocycles. The summed E-state index contributed by atoms with van der Waals surface area (Å²) in [5.74, 6) is -0.347. The quantitative estimate of drug-likeness (QED) is 0.265. The lowest BCUT2D eigenvalue weighted by molar-refractivity contribution is -0.137. The van der Waals surface area contributed by atoms with Gasteiger partial charge in [0.05, 0.1) is 13.2 Å². The van der Waals surface area contributed by atoms with Crippen molar-refractivity contribution in [3.05, 3.63) is 72.3 Å². The molecule has 0 aliphatic heterocycles. The summed E-state index contributed by atoms with van der Waals surface area (Å²) >= 11 is 0. The molecule has 0 aliphatic rings. The van der Waals surface area contributed by atoms with Gasteiger partial charge < -0.3 is 14.4 Å². The molecule has 0 unspecified atom stereocenters. The highest BCUT2D eigenvalue weighted by molar-refractivity contribution is 5.81. The van der Waals surface area contributed by atoms with Gasteiger partial charge in [0.15, 0.2) is 0 Å². The first-order valence-corrected chi connectivity index (χ1v) is 10.3. The minimum atomic E-state index is -0.347. The highest BCUT2D eigenvalue weighted by atomic mass is 16.5. The van der Waals surface area contributed by atoms with E-state index in [-0.39, 0.29) is 5.97 Å². The second kappa shape index (κ2) is 12.9. The van der Waals surface area contributed by atoms with E-state index in [9.17, 15) is 4.79 Å². The largest absolute Gasteiger partial charge is 0.463 e. The van der Waals surface area contributed by atoms with E-state index in [2.05, 4.69) is 74.1 Å². The Morgan fingerprint density at radius 2 is 1.41 bits per heavy atom. The third kappa shape index (κ3) is 9.07. The molecule has 156 valence electrons. The number of carbonyl (C=O) groups excluding carboxylic acids is 1. The van der Waals surface area contributed by atoms with Crippen molar-refractivity contribution in [1.82, 2.24) is 4.90 Å². The molecule has 0 saturated carbocycles. The third-order valence-corrected chi connectivity index (χ3v) is 4.60. The van der Waals surface area contributed by atoms with Crippen LogP contribution in [-0.2, 0) is 27.4 Å². The van der Waals surface area contributed by atoms with Crippen LogP contribution in [0.4, 0.5) is 0 Å². The lowest BCUT2D eigenvalue weighted by Crippen LogP contribution is -2.10. The maximum atomic E-state index is 10.9. The summed E-state index contributed by atoms with van der Waals surface area (Å²) < 4.78 is 10.7. The fourth-order valence-corrected chi connectivity index (χ4v) is 3.04. The number of carbonyl (C=O) groups is 1. The maximum absolute atomic E-state index is 10.9. The highest BCUT2D eigenvalue weighted by Crippen LogP contribution is 2.21. The first-order valence-electron chi connectivity index (χ1n) is 10.3. The molecule has 29 heavy (non-hydrogen) atoms. The first kappa shape index (κ1) is 22.9. The van der Waals surface area contributed by atoms with Crippen molar-refractivity contribution in [2.75, 3.05) is 27.3 Å². The van der Waals surface area contributed by atoms with Crippen molar-refractivity contribution in [1.29, 1.82) is 0 Å². The van der Waals surface area contributed by atoms with Crippen molar-refractivity contribution >= 4 is 5.97 Å². The number of ether oxygens (including phenoxy) is 2. The van der Waals surface area contributed by atoms with Crippen molar-refractivity contribution in [2.24, 2.45) is 0 Å². The zero-order chi connectivity index (χ0) is 20.9. The summed E-state index contributed by atoms with van der Waals surface area (Å²) in [5.41, 5.74) is 4.97. The number of nitrogens with zero attached hydrogens (tertiary/aromatic N) is 1. The standard InChI is InChI=1S/C25H33NO3/c1-4-25(27)29-18-8-6-5-7-17-28-20-22-11-15-24(16-12-22)23-13-9-21(10-14-23)19-26(2)3/h4,9-16H,1,5-8,17-20H2,2-3H3. The van der Waals surface area contributed by atoms with Crippen molar-refractivity contribution < 1.29 is 14.3 Å². The van der Waals surface area contributed by atoms with Gasteiger partial charge in [-0.05, 0) is 55.6 Å². The molecule has 2 rings (SSSR count). The van der Waals surface area contributed by atoms with E-state index in [0.29, 0.717) is 13.2 Å². The molecule has 0 N–H and O–H groups in total. The number of unbranched alkanes of at least 4 members (excludes halogenated alkanes) is 3. The van der Waals surface area contributed by atoms with E-state index in [1.165, 1.54) is 28.3 Å². The number of rotatable bonds is 13. The van der Waals surface area contributed by atoms with Crippen LogP contribution in [-0.4, -0.2) is 38.2 Å². The fraction of sp³-hybridized carbons (Fsp3) is 0.400. The molecule has 2 aromatic rings. The lowest BCUT2D eigenvalue weighted by Gasteiger charge is -2.10. The van der Waals surface area contributed by atoms with Gasteiger partial charge in [-0.15, -0.1) is 0 Å². The Labute approximate surface area is 175 Å². The van der Waals surface area contributed by atoms with Crippen LogP contribution >= 0.6 is 0 Å². The zero-order valence-electron chi connectivity index (χ0n) is 17.7. The molecule has 0 heterocycles. The molecule has 4 nitrogen and oxygen atoms in total. The summed E-state index contributed by atoms with van der Waals surface area (Å²) in [5, 5.41) is 0. The van der Waals surface area contributed by atoms with E-state index in [4.69, 9.17) is 9.47 Å². The van der Waals surface area contributed by atoms with Gasteiger partial charge >= 0.3 is 5.97 Å². The van der Waals surface area contributed by atoms with Crippen LogP contribution < -0.4 is 0 Å². The molecule has 2 aromatic carbocycles. The Bertz CT molecular complexity index is 736. The van der Waals surface area contributed by atoms with Crippen LogP contribution in [0.3, 0.4) is 0 Å². The number of hydrogen-bond donors (Lipinski definition) is 0. The molecule has 0 aromatic heterocycles. The molecule has 0 bridgehead atoms. The minimum absolute atomic E-state index is 0.347. The average molecular weight is 396 g/mol. The van der Waals surface area contributed by atoms with Gasteiger partial charge in [0, 0.05) is 19.2 Å². The van der Waals surface area contributed by atoms with Gasteiger partial charge in [-0.1, -0.05) is 61.5 Å². The summed E-state index contributed by atoms with van der Waals surface area (Å²) in [6.45, 7) is 6.19.